The van der Waals surface area contributed by atoms with E-state index in [-0.39, 0.29) is 24.4 Å². The number of piperidine rings is 1. The van der Waals surface area contributed by atoms with Crippen LogP contribution in [0.25, 0.3) is 0 Å². The Balaban J connectivity index is 1.90. The first kappa shape index (κ1) is 17.6. The van der Waals surface area contributed by atoms with Crippen LogP contribution in [-0.4, -0.2) is 43.1 Å². The van der Waals surface area contributed by atoms with Gasteiger partial charge in [-0.3, -0.25) is 9.59 Å². The molecule has 1 fully saturated rings. The van der Waals surface area contributed by atoms with Crippen LogP contribution in [0, 0.1) is 12.8 Å². The first-order valence-electron chi connectivity index (χ1n) is 7.84. The number of esters is 1. The molecule has 0 aliphatic carbocycles. The van der Waals surface area contributed by atoms with Crippen molar-refractivity contribution in [2.75, 3.05) is 26.3 Å². The molecule has 0 bridgehead atoms. The van der Waals surface area contributed by atoms with Crippen molar-refractivity contribution < 1.29 is 19.1 Å². The summed E-state index contributed by atoms with van der Waals surface area (Å²) in [5.74, 6) is -0.113. The van der Waals surface area contributed by atoms with Gasteiger partial charge in [-0.2, -0.15) is 0 Å². The number of amides is 1. The van der Waals surface area contributed by atoms with E-state index in [1.807, 2.05) is 13.0 Å². The van der Waals surface area contributed by atoms with Crippen molar-refractivity contribution in [3.63, 3.8) is 0 Å². The van der Waals surface area contributed by atoms with Crippen LogP contribution in [-0.2, 0) is 14.3 Å². The lowest BCUT2D eigenvalue weighted by Gasteiger charge is -2.31. The smallest absolute Gasteiger partial charge is 0.310 e. The van der Waals surface area contributed by atoms with Crippen molar-refractivity contribution in [2.24, 2.45) is 5.92 Å². The number of likely N-dealkylation sites (tertiary alicyclic amines) is 1. The molecule has 1 unspecified atom stereocenters. The molecule has 1 aromatic carbocycles. The average Bonchev–Trinajstić information content (AvgIpc) is 2.55. The summed E-state index contributed by atoms with van der Waals surface area (Å²) in [6.07, 6.45) is 1.55. The number of benzene rings is 1. The topological polar surface area (TPSA) is 55.8 Å². The van der Waals surface area contributed by atoms with Gasteiger partial charge < -0.3 is 14.4 Å². The van der Waals surface area contributed by atoms with Crippen LogP contribution in [0.4, 0.5) is 0 Å². The van der Waals surface area contributed by atoms with Crippen molar-refractivity contribution in [3.8, 4) is 5.75 Å². The lowest BCUT2D eigenvalue weighted by molar-refractivity contribution is -0.151. The predicted octanol–water partition coefficient (Wildman–Crippen LogP) is 2.83. The van der Waals surface area contributed by atoms with Gasteiger partial charge in [-0.25, -0.2) is 0 Å². The lowest BCUT2D eigenvalue weighted by atomic mass is 9.98. The number of carbonyl (C=O) groups is 2. The Morgan fingerprint density at radius 1 is 1.39 bits per heavy atom. The van der Waals surface area contributed by atoms with Gasteiger partial charge in [-0.1, -0.05) is 17.7 Å². The molecular formula is C17H22ClNO4. The number of carbonyl (C=O) groups excluding carboxylic acids is 2. The van der Waals surface area contributed by atoms with E-state index in [0.717, 1.165) is 18.4 Å². The third-order valence-corrected chi connectivity index (χ3v) is 4.14. The van der Waals surface area contributed by atoms with Gasteiger partial charge in [0.2, 0.25) is 0 Å². The summed E-state index contributed by atoms with van der Waals surface area (Å²) < 4.78 is 10.6. The summed E-state index contributed by atoms with van der Waals surface area (Å²) in [6, 6.07) is 5.42. The van der Waals surface area contributed by atoms with Crippen LogP contribution in [0.5, 0.6) is 5.75 Å². The summed E-state index contributed by atoms with van der Waals surface area (Å²) in [4.78, 5) is 25.8. The number of hydrogen-bond donors (Lipinski definition) is 0. The van der Waals surface area contributed by atoms with E-state index in [2.05, 4.69) is 0 Å². The molecule has 0 aromatic heterocycles. The summed E-state index contributed by atoms with van der Waals surface area (Å²) in [5.41, 5.74) is 1.01. The van der Waals surface area contributed by atoms with E-state index in [1.165, 1.54) is 0 Å². The molecule has 0 N–H and O–H groups in total. The molecule has 1 amide bonds. The summed E-state index contributed by atoms with van der Waals surface area (Å²) in [7, 11) is 0. The van der Waals surface area contributed by atoms with Crippen LogP contribution in [0.2, 0.25) is 5.02 Å². The summed E-state index contributed by atoms with van der Waals surface area (Å²) >= 11 is 6.05. The zero-order chi connectivity index (χ0) is 16.8. The van der Waals surface area contributed by atoms with Gasteiger partial charge in [-0.15, -0.1) is 0 Å². The monoisotopic (exact) mass is 339 g/mol. The van der Waals surface area contributed by atoms with Crippen molar-refractivity contribution >= 4 is 23.5 Å². The minimum atomic E-state index is -0.241. The molecule has 1 aromatic rings. The molecule has 1 atom stereocenters. The third kappa shape index (κ3) is 4.86. The fraction of sp³-hybridized carbons (Fsp3) is 0.529. The highest BCUT2D eigenvalue weighted by molar-refractivity contribution is 6.32. The predicted molar refractivity (Wildman–Crippen MR) is 87.6 cm³/mol. The molecule has 0 saturated carbocycles. The Kier molecular flexibility index (Phi) is 6.28. The Hall–Kier alpha value is -1.75. The molecule has 0 radical (unpaired) electrons. The van der Waals surface area contributed by atoms with Crippen molar-refractivity contribution in [1.82, 2.24) is 4.90 Å². The first-order chi connectivity index (χ1) is 11.0. The highest BCUT2D eigenvalue weighted by Crippen LogP contribution is 2.25. The van der Waals surface area contributed by atoms with E-state index in [4.69, 9.17) is 21.1 Å². The first-order valence-corrected chi connectivity index (χ1v) is 8.22. The second-order valence-corrected chi connectivity index (χ2v) is 6.06. The number of rotatable bonds is 5. The molecule has 23 heavy (non-hydrogen) atoms. The number of aryl methyl sites for hydroxylation is 1. The Morgan fingerprint density at radius 2 is 2.17 bits per heavy atom. The molecule has 2 rings (SSSR count). The molecule has 1 heterocycles. The third-order valence-electron chi connectivity index (χ3n) is 3.83. The minimum absolute atomic E-state index is 0.0846. The van der Waals surface area contributed by atoms with Crippen LogP contribution in [0.1, 0.15) is 25.3 Å². The second kappa shape index (κ2) is 8.20. The molecule has 1 aliphatic heterocycles. The fourth-order valence-electron chi connectivity index (χ4n) is 2.61. The van der Waals surface area contributed by atoms with Gasteiger partial charge in [0, 0.05) is 13.1 Å². The van der Waals surface area contributed by atoms with Crippen LogP contribution >= 0.6 is 11.6 Å². The number of hydrogen-bond acceptors (Lipinski definition) is 4. The maximum Gasteiger partial charge on any atom is 0.310 e. The van der Waals surface area contributed by atoms with E-state index in [9.17, 15) is 9.59 Å². The van der Waals surface area contributed by atoms with Crippen LogP contribution < -0.4 is 4.74 Å². The van der Waals surface area contributed by atoms with Crippen LogP contribution in [0.3, 0.4) is 0 Å². The second-order valence-electron chi connectivity index (χ2n) is 5.65. The van der Waals surface area contributed by atoms with E-state index in [1.54, 1.807) is 24.0 Å². The zero-order valence-electron chi connectivity index (χ0n) is 13.5. The molecule has 1 aliphatic rings. The molecule has 6 heteroatoms. The number of ether oxygens (including phenoxy) is 2. The normalized spacial score (nSPS) is 17.7. The van der Waals surface area contributed by atoms with E-state index >= 15 is 0 Å². The van der Waals surface area contributed by atoms with Crippen molar-refractivity contribution in [3.05, 3.63) is 28.8 Å². The molecule has 126 valence electrons. The Labute approximate surface area is 141 Å². The summed E-state index contributed by atoms with van der Waals surface area (Å²) in [6.45, 7) is 5.02. The molecule has 0 spiro atoms. The maximum atomic E-state index is 12.3. The van der Waals surface area contributed by atoms with Gasteiger partial charge in [0.05, 0.1) is 17.5 Å². The average molecular weight is 340 g/mol. The number of nitrogens with zero attached hydrogens (tertiary/aromatic N) is 1. The molecular weight excluding hydrogens is 318 g/mol. The number of halogens is 1. The Morgan fingerprint density at radius 3 is 2.91 bits per heavy atom. The Bertz CT molecular complexity index is 576. The fourth-order valence-corrected chi connectivity index (χ4v) is 2.78. The zero-order valence-corrected chi connectivity index (χ0v) is 14.3. The summed E-state index contributed by atoms with van der Waals surface area (Å²) in [5, 5.41) is 0.478. The molecule has 5 nitrogen and oxygen atoms in total. The van der Waals surface area contributed by atoms with Gasteiger partial charge in [0.1, 0.15) is 5.75 Å². The van der Waals surface area contributed by atoms with Gasteiger partial charge in [-0.05, 0) is 44.4 Å². The van der Waals surface area contributed by atoms with Crippen molar-refractivity contribution in [2.45, 2.75) is 26.7 Å². The maximum absolute atomic E-state index is 12.3. The van der Waals surface area contributed by atoms with E-state index in [0.29, 0.717) is 30.5 Å². The van der Waals surface area contributed by atoms with Gasteiger partial charge in [0.15, 0.2) is 6.61 Å². The van der Waals surface area contributed by atoms with Gasteiger partial charge >= 0.3 is 5.97 Å². The highest BCUT2D eigenvalue weighted by Gasteiger charge is 2.29. The van der Waals surface area contributed by atoms with E-state index < -0.39 is 0 Å². The van der Waals surface area contributed by atoms with Crippen molar-refractivity contribution in [1.29, 1.82) is 0 Å². The van der Waals surface area contributed by atoms with Crippen LogP contribution in [0.15, 0.2) is 18.2 Å². The molecule has 1 saturated heterocycles. The minimum Gasteiger partial charge on any atom is -0.482 e. The SMILES string of the molecule is CCOC(=O)C1CCCN(C(=O)COc2cc(C)ccc2Cl)C1. The lowest BCUT2D eigenvalue weighted by Crippen LogP contribution is -2.44. The van der Waals surface area contributed by atoms with Gasteiger partial charge in [0.25, 0.3) is 5.91 Å². The quantitative estimate of drug-likeness (QED) is 0.774. The highest BCUT2D eigenvalue weighted by atomic mass is 35.5. The largest absolute Gasteiger partial charge is 0.482 e. The standard InChI is InChI=1S/C17H22ClNO4/c1-3-22-17(21)13-5-4-8-19(10-13)16(20)11-23-15-9-12(2)6-7-14(15)18/h6-7,9,13H,3-5,8,10-11H2,1-2H3.